The Morgan fingerprint density at radius 1 is 1.39 bits per heavy atom. The molecule has 6 heteroatoms. The van der Waals surface area contributed by atoms with Gasteiger partial charge < -0.3 is 15.1 Å². The van der Waals surface area contributed by atoms with E-state index in [1.165, 1.54) is 5.56 Å². The smallest absolute Gasteiger partial charge is 0.225 e. The van der Waals surface area contributed by atoms with Gasteiger partial charge in [0.15, 0.2) is 0 Å². The highest BCUT2D eigenvalue weighted by Gasteiger charge is 2.41. The molecule has 2 aliphatic heterocycles. The number of likely N-dealkylation sites (N-methyl/N-ethyl adjacent to an activating group) is 1. The Balaban J connectivity index is 1.46. The predicted molar refractivity (Wildman–Crippen MR) is 86.8 cm³/mol. The van der Waals surface area contributed by atoms with Crippen molar-refractivity contribution in [2.75, 3.05) is 33.2 Å². The first-order valence-corrected chi connectivity index (χ1v) is 8.20. The summed E-state index contributed by atoms with van der Waals surface area (Å²) in [6.45, 7) is 5.03. The highest BCUT2D eigenvalue weighted by Crippen LogP contribution is 2.24. The largest absolute Gasteiger partial charge is 0.355 e. The summed E-state index contributed by atoms with van der Waals surface area (Å²) in [4.78, 5) is 32.6. The van der Waals surface area contributed by atoms with E-state index in [0.29, 0.717) is 25.6 Å². The molecule has 0 spiro atoms. The summed E-state index contributed by atoms with van der Waals surface area (Å²) >= 11 is 0. The van der Waals surface area contributed by atoms with E-state index in [4.69, 9.17) is 0 Å². The Morgan fingerprint density at radius 3 is 2.87 bits per heavy atom. The van der Waals surface area contributed by atoms with Gasteiger partial charge >= 0.3 is 0 Å². The number of hydrogen-bond donors (Lipinski definition) is 1. The fourth-order valence-electron chi connectivity index (χ4n) is 3.35. The van der Waals surface area contributed by atoms with Crippen LogP contribution in [0.2, 0.25) is 0 Å². The van der Waals surface area contributed by atoms with Crippen molar-refractivity contribution in [1.82, 2.24) is 20.1 Å². The van der Waals surface area contributed by atoms with Gasteiger partial charge in [0.2, 0.25) is 11.8 Å². The first kappa shape index (κ1) is 15.9. The fraction of sp³-hybridized carbons (Fsp3) is 0.588. The van der Waals surface area contributed by atoms with Crippen LogP contribution < -0.4 is 5.32 Å². The van der Waals surface area contributed by atoms with Crippen LogP contribution in [0.1, 0.15) is 17.5 Å². The Labute approximate surface area is 136 Å². The summed E-state index contributed by atoms with van der Waals surface area (Å²) in [5.74, 6) is -0.0928. The molecule has 6 nitrogen and oxygen atoms in total. The van der Waals surface area contributed by atoms with Gasteiger partial charge in [0.05, 0.1) is 12.0 Å². The number of nitrogens with one attached hydrogen (secondary N) is 1. The standard InChI is InChI=1S/C17H24N4O2/c1-12-3-5-18-8-13(12)4-6-19-17(23)14-7-16(22)21(9-14)15-10-20(2)11-15/h3,5,8,14-15H,4,6-7,9-11H2,1-2H3,(H,19,23). The molecule has 0 radical (unpaired) electrons. The van der Waals surface area contributed by atoms with Gasteiger partial charge in [-0.3, -0.25) is 14.6 Å². The highest BCUT2D eigenvalue weighted by atomic mass is 16.2. The van der Waals surface area contributed by atoms with E-state index < -0.39 is 0 Å². The van der Waals surface area contributed by atoms with Gasteiger partial charge in [-0.2, -0.15) is 0 Å². The molecule has 2 amide bonds. The number of nitrogens with zero attached hydrogens (tertiary/aromatic N) is 3. The Bertz CT molecular complexity index is 598. The lowest BCUT2D eigenvalue weighted by atomic mass is 10.1. The van der Waals surface area contributed by atoms with Gasteiger partial charge in [0.25, 0.3) is 0 Å². The summed E-state index contributed by atoms with van der Waals surface area (Å²) in [6, 6.07) is 2.27. The number of hydrogen-bond acceptors (Lipinski definition) is 4. The van der Waals surface area contributed by atoms with Crippen molar-refractivity contribution < 1.29 is 9.59 Å². The number of pyridine rings is 1. The molecule has 1 aromatic heterocycles. The molecule has 2 aliphatic rings. The molecule has 23 heavy (non-hydrogen) atoms. The third kappa shape index (κ3) is 3.52. The molecule has 0 bridgehead atoms. The lowest BCUT2D eigenvalue weighted by Gasteiger charge is -2.42. The van der Waals surface area contributed by atoms with E-state index >= 15 is 0 Å². The molecule has 2 saturated heterocycles. The molecule has 2 fully saturated rings. The van der Waals surface area contributed by atoms with Crippen LogP contribution >= 0.6 is 0 Å². The van der Waals surface area contributed by atoms with Gasteiger partial charge in [0.1, 0.15) is 0 Å². The van der Waals surface area contributed by atoms with Crippen LogP contribution in [-0.2, 0) is 16.0 Å². The van der Waals surface area contributed by atoms with E-state index in [-0.39, 0.29) is 17.7 Å². The lowest BCUT2D eigenvalue weighted by molar-refractivity contribution is -0.132. The van der Waals surface area contributed by atoms with E-state index in [2.05, 4.69) is 15.2 Å². The van der Waals surface area contributed by atoms with Gasteiger partial charge in [-0.05, 0) is 37.6 Å². The summed E-state index contributed by atoms with van der Waals surface area (Å²) in [5, 5.41) is 2.97. The maximum atomic E-state index is 12.3. The third-order valence-electron chi connectivity index (χ3n) is 4.86. The minimum Gasteiger partial charge on any atom is -0.355 e. The zero-order valence-corrected chi connectivity index (χ0v) is 13.8. The second-order valence-corrected chi connectivity index (χ2v) is 6.67. The lowest BCUT2D eigenvalue weighted by Crippen LogP contribution is -2.58. The first-order valence-electron chi connectivity index (χ1n) is 8.20. The van der Waals surface area contributed by atoms with Crippen LogP contribution in [0.15, 0.2) is 18.5 Å². The molecule has 1 aromatic rings. The third-order valence-corrected chi connectivity index (χ3v) is 4.86. The van der Waals surface area contributed by atoms with Crippen LogP contribution in [0, 0.1) is 12.8 Å². The zero-order valence-electron chi connectivity index (χ0n) is 13.8. The number of carbonyl (C=O) groups excluding carboxylic acids is 2. The average Bonchev–Trinajstić information content (AvgIpc) is 2.87. The number of amides is 2. The van der Waals surface area contributed by atoms with Crippen molar-refractivity contribution in [2.24, 2.45) is 5.92 Å². The highest BCUT2D eigenvalue weighted by molar-refractivity contribution is 5.89. The topological polar surface area (TPSA) is 65.5 Å². The van der Waals surface area contributed by atoms with Gasteiger partial charge in [0, 0.05) is 45.0 Å². The summed E-state index contributed by atoms with van der Waals surface area (Å²) in [7, 11) is 2.04. The molecule has 3 rings (SSSR count). The normalized spacial score (nSPS) is 22.3. The molecular weight excluding hydrogens is 292 g/mol. The van der Waals surface area contributed by atoms with Crippen LogP contribution in [0.4, 0.5) is 0 Å². The Kier molecular flexibility index (Phi) is 4.61. The van der Waals surface area contributed by atoms with Crippen molar-refractivity contribution >= 4 is 11.8 Å². The number of rotatable bonds is 5. The van der Waals surface area contributed by atoms with Gasteiger partial charge in [-0.25, -0.2) is 0 Å². The number of aryl methyl sites for hydroxylation is 1. The summed E-state index contributed by atoms with van der Waals surface area (Å²) < 4.78 is 0. The summed E-state index contributed by atoms with van der Waals surface area (Å²) in [6.07, 6.45) is 4.73. The van der Waals surface area contributed by atoms with E-state index in [1.54, 1.807) is 6.20 Å². The molecule has 0 saturated carbocycles. The SMILES string of the molecule is Cc1ccncc1CCNC(=O)C1CC(=O)N(C2CN(C)C2)C1. The molecule has 0 aromatic carbocycles. The van der Waals surface area contributed by atoms with Crippen LogP contribution in [-0.4, -0.2) is 65.9 Å². The maximum Gasteiger partial charge on any atom is 0.225 e. The molecule has 0 aliphatic carbocycles. The van der Waals surface area contributed by atoms with Crippen LogP contribution in [0.5, 0.6) is 0 Å². The number of likely N-dealkylation sites (tertiary alicyclic amines) is 2. The zero-order chi connectivity index (χ0) is 16.4. The second kappa shape index (κ2) is 6.66. The van der Waals surface area contributed by atoms with Crippen LogP contribution in [0.25, 0.3) is 0 Å². The molecular formula is C17H24N4O2. The summed E-state index contributed by atoms with van der Waals surface area (Å²) in [5.41, 5.74) is 2.33. The average molecular weight is 316 g/mol. The van der Waals surface area contributed by atoms with E-state index in [0.717, 1.165) is 25.1 Å². The minimum absolute atomic E-state index is 0.00456. The molecule has 1 N–H and O–H groups in total. The first-order chi connectivity index (χ1) is 11.0. The quantitative estimate of drug-likeness (QED) is 0.843. The Morgan fingerprint density at radius 2 is 2.17 bits per heavy atom. The maximum absolute atomic E-state index is 12.3. The van der Waals surface area contributed by atoms with E-state index in [1.807, 2.05) is 31.1 Å². The number of aromatic nitrogens is 1. The monoisotopic (exact) mass is 316 g/mol. The predicted octanol–water partition coefficient (Wildman–Crippen LogP) is 0.211. The van der Waals surface area contributed by atoms with Gasteiger partial charge in [-0.1, -0.05) is 0 Å². The second-order valence-electron chi connectivity index (χ2n) is 6.67. The molecule has 124 valence electrons. The molecule has 1 unspecified atom stereocenters. The fourth-order valence-corrected chi connectivity index (χ4v) is 3.35. The number of carbonyl (C=O) groups is 2. The van der Waals surface area contributed by atoms with Crippen molar-refractivity contribution in [1.29, 1.82) is 0 Å². The van der Waals surface area contributed by atoms with Crippen molar-refractivity contribution in [3.05, 3.63) is 29.6 Å². The van der Waals surface area contributed by atoms with Gasteiger partial charge in [-0.15, -0.1) is 0 Å². The van der Waals surface area contributed by atoms with Crippen molar-refractivity contribution in [3.63, 3.8) is 0 Å². The van der Waals surface area contributed by atoms with E-state index in [9.17, 15) is 9.59 Å². The molecule has 1 atom stereocenters. The van der Waals surface area contributed by atoms with Crippen LogP contribution in [0.3, 0.4) is 0 Å². The van der Waals surface area contributed by atoms with Crippen molar-refractivity contribution in [2.45, 2.75) is 25.8 Å². The Hall–Kier alpha value is -1.95. The molecule has 3 heterocycles. The van der Waals surface area contributed by atoms with Crippen molar-refractivity contribution in [3.8, 4) is 0 Å². The minimum atomic E-state index is -0.205.